The molecule has 1 amide bonds. The Morgan fingerprint density at radius 1 is 0.943 bits per heavy atom. The molecular weight excluding hydrogens is 467 g/mol. The summed E-state index contributed by atoms with van der Waals surface area (Å²) in [5.74, 6) is -0.473. The summed E-state index contributed by atoms with van der Waals surface area (Å²) in [6, 6.07) is 22.3. The summed E-state index contributed by atoms with van der Waals surface area (Å²) in [6.07, 6.45) is 1.78. The van der Waals surface area contributed by atoms with E-state index in [1.54, 1.807) is 24.3 Å². The van der Waals surface area contributed by atoms with Crippen molar-refractivity contribution in [3.63, 3.8) is 0 Å². The number of amides is 1. The number of hydrogen-bond donors (Lipinski definition) is 2. The molecule has 184 valence electrons. The van der Waals surface area contributed by atoms with E-state index in [4.69, 9.17) is 0 Å². The van der Waals surface area contributed by atoms with Gasteiger partial charge in [0.25, 0.3) is 5.91 Å². The lowest BCUT2D eigenvalue weighted by molar-refractivity contribution is 0.0684. The first-order valence-corrected chi connectivity index (χ1v) is 13.0. The van der Waals surface area contributed by atoms with Crippen molar-refractivity contribution in [1.82, 2.24) is 4.31 Å². The highest BCUT2D eigenvalue weighted by atomic mass is 32.2. The van der Waals surface area contributed by atoms with Gasteiger partial charge in [0, 0.05) is 30.9 Å². The molecule has 1 saturated heterocycles. The van der Waals surface area contributed by atoms with E-state index in [1.165, 1.54) is 28.6 Å². The van der Waals surface area contributed by atoms with E-state index in [2.05, 4.69) is 5.32 Å². The molecule has 1 fully saturated rings. The van der Waals surface area contributed by atoms with E-state index in [9.17, 15) is 22.7 Å². The maximum Gasteiger partial charge on any atom is 0.255 e. The first-order valence-electron chi connectivity index (χ1n) is 11.6. The molecule has 8 heteroatoms. The number of carbonyl (C=O) groups is 1. The summed E-state index contributed by atoms with van der Waals surface area (Å²) >= 11 is 0. The van der Waals surface area contributed by atoms with Crippen LogP contribution in [0.1, 0.15) is 34.3 Å². The van der Waals surface area contributed by atoms with Crippen molar-refractivity contribution in [3.8, 4) is 0 Å². The Labute approximate surface area is 205 Å². The first-order chi connectivity index (χ1) is 16.8. The highest BCUT2D eigenvalue weighted by molar-refractivity contribution is 7.89. The smallest absolute Gasteiger partial charge is 0.255 e. The Balaban J connectivity index is 1.46. The second-order valence-electron chi connectivity index (χ2n) is 9.04. The molecular formula is C27H29FN2O4S. The van der Waals surface area contributed by atoms with Crippen LogP contribution in [0.5, 0.6) is 0 Å². The van der Waals surface area contributed by atoms with Gasteiger partial charge in [0.05, 0.1) is 4.90 Å². The van der Waals surface area contributed by atoms with Crippen LogP contribution >= 0.6 is 0 Å². The fraction of sp³-hybridized carbons (Fsp3) is 0.296. The molecule has 0 aliphatic carbocycles. The molecule has 3 aromatic rings. The number of aliphatic hydroxyl groups is 1. The van der Waals surface area contributed by atoms with Gasteiger partial charge in [0.1, 0.15) is 6.67 Å². The van der Waals surface area contributed by atoms with Crippen LogP contribution in [0.3, 0.4) is 0 Å². The highest BCUT2D eigenvalue weighted by Gasteiger charge is 2.38. The number of hydrogen-bond acceptors (Lipinski definition) is 4. The molecule has 0 aromatic heterocycles. The lowest BCUT2D eigenvalue weighted by Crippen LogP contribution is -2.45. The van der Waals surface area contributed by atoms with Crippen LogP contribution in [0.4, 0.5) is 10.1 Å². The number of piperidine rings is 1. The fourth-order valence-corrected chi connectivity index (χ4v) is 5.99. The number of carbonyl (C=O) groups excluding carboxylic acids is 1. The standard InChI is InChI=1S/C27H29FN2O4S/c28-19-22-8-4-10-24(16-22)29-26(32)23-9-5-11-25(17-23)35(33,34)30-14-12-27(20-31,13-15-30)18-21-6-2-1-3-7-21/h1-11,16-17,31H,12-15,18-20H2,(H,29,32). The molecule has 0 radical (unpaired) electrons. The summed E-state index contributed by atoms with van der Waals surface area (Å²) in [5.41, 5.74) is 1.84. The minimum absolute atomic E-state index is 0.00492. The van der Waals surface area contributed by atoms with Crippen LogP contribution in [0.2, 0.25) is 0 Å². The largest absolute Gasteiger partial charge is 0.396 e. The number of rotatable bonds is 8. The monoisotopic (exact) mass is 496 g/mol. The predicted octanol–water partition coefficient (Wildman–Crippen LogP) is 4.41. The number of aliphatic hydroxyl groups excluding tert-OH is 1. The van der Waals surface area contributed by atoms with E-state index in [1.807, 2.05) is 30.3 Å². The molecule has 0 atom stereocenters. The molecule has 0 spiro atoms. The maximum absolute atomic E-state index is 13.4. The molecule has 3 aromatic carbocycles. The van der Waals surface area contributed by atoms with Crippen LogP contribution in [0, 0.1) is 5.41 Å². The SMILES string of the molecule is O=C(Nc1cccc(CF)c1)c1cccc(S(=O)(=O)N2CCC(CO)(Cc3ccccc3)CC2)c1. The molecule has 6 nitrogen and oxygen atoms in total. The second-order valence-corrected chi connectivity index (χ2v) is 11.0. The van der Waals surface area contributed by atoms with Crippen LogP contribution in [0.25, 0.3) is 0 Å². The van der Waals surface area contributed by atoms with Crippen molar-refractivity contribution in [2.24, 2.45) is 5.41 Å². The van der Waals surface area contributed by atoms with Gasteiger partial charge in [0.15, 0.2) is 0 Å². The number of nitrogens with one attached hydrogen (secondary N) is 1. The zero-order valence-corrected chi connectivity index (χ0v) is 20.2. The van der Waals surface area contributed by atoms with Gasteiger partial charge in [-0.25, -0.2) is 12.8 Å². The predicted molar refractivity (Wildman–Crippen MR) is 133 cm³/mol. The summed E-state index contributed by atoms with van der Waals surface area (Å²) in [6.45, 7) is -0.0599. The van der Waals surface area contributed by atoms with Crippen molar-refractivity contribution >= 4 is 21.6 Å². The van der Waals surface area contributed by atoms with Gasteiger partial charge in [-0.1, -0.05) is 48.5 Å². The van der Waals surface area contributed by atoms with Crippen LogP contribution in [0.15, 0.2) is 83.8 Å². The molecule has 4 rings (SSSR count). The molecule has 1 aliphatic rings. The highest BCUT2D eigenvalue weighted by Crippen LogP contribution is 2.36. The molecule has 0 bridgehead atoms. The lowest BCUT2D eigenvalue weighted by atomic mass is 9.75. The van der Waals surface area contributed by atoms with Gasteiger partial charge in [-0.2, -0.15) is 4.31 Å². The number of benzene rings is 3. The molecule has 2 N–H and O–H groups in total. The normalized spacial score (nSPS) is 16.1. The second kappa shape index (κ2) is 10.7. The van der Waals surface area contributed by atoms with Crippen LogP contribution < -0.4 is 5.32 Å². The van der Waals surface area contributed by atoms with Gasteiger partial charge >= 0.3 is 0 Å². The Kier molecular flexibility index (Phi) is 7.64. The fourth-order valence-electron chi connectivity index (χ4n) is 4.50. The Bertz CT molecular complexity index is 1270. The zero-order chi connectivity index (χ0) is 24.9. The average molecular weight is 497 g/mol. The molecule has 1 heterocycles. The first kappa shape index (κ1) is 25.0. The minimum atomic E-state index is -3.81. The summed E-state index contributed by atoms with van der Waals surface area (Å²) in [5, 5.41) is 12.8. The van der Waals surface area contributed by atoms with E-state index in [-0.39, 0.29) is 22.5 Å². The quantitative estimate of drug-likeness (QED) is 0.484. The number of anilines is 1. The van der Waals surface area contributed by atoms with Crippen LogP contribution in [-0.2, 0) is 23.1 Å². The Hall–Kier alpha value is -3.07. The van der Waals surface area contributed by atoms with E-state index >= 15 is 0 Å². The zero-order valence-electron chi connectivity index (χ0n) is 19.4. The van der Waals surface area contributed by atoms with E-state index < -0.39 is 22.6 Å². The molecule has 0 saturated carbocycles. The Morgan fingerprint density at radius 3 is 2.31 bits per heavy atom. The topological polar surface area (TPSA) is 86.7 Å². The number of halogens is 1. The van der Waals surface area contributed by atoms with Gasteiger partial charge in [-0.05, 0) is 66.1 Å². The average Bonchev–Trinajstić information content (AvgIpc) is 2.89. The van der Waals surface area contributed by atoms with Crippen molar-refractivity contribution in [3.05, 3.63) is 95.6 Å². The van der Waals surface area contributed by atoms with Crippen LogP contribution in [-0.4, -0.2) is 43.4 Å². The van der Waals surface area contributed by atoms with Gasteiger partial charge in [0.2, 0.25) is 10.0 Å². The number of nitrogens with zero attached hydrogens (tertiary/aromatic N) is 1. The van der Waals surface area contributed by atoms with E-state index in [0.717, 1.165) is 5.56 Å². The third-order valence-electron chi connectivity index (χ3n) is 6.61. The van der Waals surface area contributed by atoms with Gasteiger partial charge in [-0.3, -0.25) is 4.79 Å². The third kappa shape index (κ3) is 5.78. The number of sulfonamides is 1. The minimum Gasteiger partial charge on any atom is -0.396 e. The van der Waals surface area contributed by atoms with Crippen molar-refractivity contribution < 1.29 is 22.7 Å². The van der Waals surface area contributed by atoms with Crippen molar-refractivity contribution in [2.45, 2.75) is 30.8 Å². The van der Waals surface area contributed by atoms with Crippen molar-refractivity contribution in [2.75, 3.05) is 25.0 Å². The van der Waals surface area contributed by atoms with E-state index in [0.29, 0.717) is 43.6 Å². The van der Waals surface area contributed by atoms with Gasteiger partial charge in [-0.15, -0.1) is 0 Å². The Morgan fingerprint density at radius 2 is 1.63 bits per heavy atom. The summed E-state index contributed by atoms with van der Waals surface area (Å²) < 4.78 is 41.0. The third-order valence-corrected chi connectivity index (χ3v) is 8.51. The maximum atomic E-state index is 13.4. The van der Waals surface area contributed by atoms with Crippen molar-refractivity contribution in [1.29, 1.82) is 0 Å². The lowest BCUT2D eigenvalue weighted by Gasteiger charge is -2.40. The summed E-state index contributed by atoms with van der Waals surface area (Å²) in [4.78, 5) is 12.8. The van der Waals surface area contributed by atoms with Gasteiger partial charge < -0.3 is 10.4 Å². The molecule has 1 aliphatic heterocycles. The molecule has 0 unspecified atom stereocenters. The number of alkyl halides is 1. The summed E-state index contributed by atoms with van der Waals surface area (Å²) in [7, 11) is -3.81. The molecule has 35 heavy (non-hydrogen) atoms.